The summed E-state index contributed by atoms with van der Waals surface area (Å²) in [4.78, 5) is 57.2. The number of rotatable bonds is 13. The second-order valence-electron chi connectivity index (χ2n) is 7.98. The summed E-state index contributed by atoms with van der Waals surface area (Å²) in [5.74, 6) is -2.80. The number of nitrogens with zero attached hydrogens (tertiary/aromatic N) is 1. The molecule has 0 bridgehead atoms. The molecule has 34 heavy (non-hydrogen) atoms. The summed E-state index contributed by atoms with van der Waals surface area (Å²) < 4.78 is 0. The number of carboxylic acid groups (broad SMARTS) is 2. The third kappa shape index (κ3) is 6.91. The predicted octanol–water partition coefficient (Wildman–Crippen LogP) is 2.29. The minimum absolute atomic E-state index is 0.0833. The van der Waals surface area contributed by atoms with Crippen LogP contribution < -0.4 is 16.6 Å². The van der Waals surface area contributed by atoms with Crippen molar-refractivity contribution in [2.45, 2.75) is 57.4 Å². The van der Waals surface area contributed by atoms with Crippen LogP contribution in [-0.4, -0.2) is 49.1 Å². The SMILES string of the molecule is Nc1nc2[nH]c(CCCCCCc3ccc(C(=O)NC(CCC(=O)O)C(=O)O)s3)cc2c(=O)[nH]1. The Morgan fingerprint density at radius 2 is 1.82 bits per heavy atom. The molecule has 3 aromatic rings. The summed E-state index contributed by atoms with van der Waals surface area (Å²) >= 11 is 1.31. The van der Waals surface area contributed by atoms with Crippen molar-refractivity contribution >= 4 is 46.2 Å². The second kappa shape index (κ2) is 11.5. The summed E-state index contributed by atoms with van der Waals surface area (Å²) in [7, 11) is 0. The third-order valence-corrected chi connectivity index (χ3v) is 6.47. The summed E-state index contributed by atoms with van der Waals surface area (Å²) in [5, 5.41) is 20.8. The fourth-order valence-corrected chi connectivity index (χ4v) is 4.54. The number of hydrogen-bond donors (Lipinski definition) is 6. The number of hydrogen-bond acceptors (Lipinski definition) is 7. The van der Waals surface area contributed by atoms with Crippen molar-refractivity contribution < 1.29 is 24.6 Å². The molecule has 0 aromatic carbocycles. The highest BCUT2D eigenvalue weighted by molar-refractivity contribution is 7.14. The Morgan fingerprint density at radius 3 is 2.53 bits per heavy atom. The van der Waals surface area contributed by atoms with E-state index in [0.29, 0.717) is 15.9 Å². The van der Waals surface area contributed by atoms with E-state index in [1.165, 1.54) is 11.3 Å². The Balaban J connectivity index is 1.39. The Hall–Kier alpha value is -3.67. The minimum Gasteiger partial charge on any atom is -0.481 e. The monoisotopic (exact) mass is 489 g/mol. The highest BCUT2D eigenvalue weighted by Crippen LogP contribution is 2.20. The molecule has 7 N–H and O–H groups in total. The van der Waals surface area contributed by atoms with Gasteiger partial charge in [-0.1, -0.05) is 12.8 Å². The van der Waals surface area contributed by atoms with Crippen LogP contribution in [0.5, 0.6) is 0 Å². The van der Waals surface area contributed by atoms with E-state index in [4.69, 9.17) is 10.8 Å². The first-order valence-corrected chi connectivity index (χ1v) is 11.8. The number of nitrogens with one attached hydrogen (secondary N) is 3. The summed E-state index contributed by atoms with van der Waals surface area (Å²) in [6, 6.07) is 4.07. The van der Waals surface area contributed by atoms with Crippen LogP contribution in [0.3, 0.4) is 0 Å². The Kier molecular flexibility index (Phi) is 8.41. The van der Waals surface area contributed by atoms with Crippen LogP contribution in [-0.2, 0) is 22.4 Å². The number of nitrogens with two attached hydrogens (primary N) is 1. The molecule has 11 nitrogen and oxygen atoms in total. The smallest absolute Gasteiger partial charge is 0.326 e. The van der Waals surface area contributed by atoms with E-state index >= 15 is 0 Å². The quantitative estimate of drug-likeness (QED) is 0.197. The number of aliphatic carboxylic acids is 2. The number of aromatic amines is 2. The van der Waals surface area contributed by atoms with E-state index in [9.17, 15) is 24.3 Å². The van der Waals surface area contributed by atoms with E-state index in [2.05, 4.69) is 20.3 Å². The van der Waals surface area contributed by atoms with Crippen LogP contribution in [0.15, 0.2) is 23.0 Å². The maximum Gasteiger partial charge on any atom is 0.326 e. The van der Waals surface area contributed by atoms with E-state index in [1.54, 1.807) is 12.1 Å². The number of thiophene rings is 1. The molecule has 1 atom stereocenters. The second-order valence-corrected chi connectivity index (χ2v) is 9.15. The van der Waals surface area contributed by atoms with Gasteiger partial charge in [0.2, 0.25) is 5.95 Å². The zero-order chi connectivity index (χ0) is 24.7. The van der Waals surface area contributed by atoms with E-state index < -0.39 is 23.9 Å². The van der Waals surface area contributed by atoms with Gasteiger partial charge in [0.1, 0.15) is 11.7 Å². The first-order chi connectivity index (χ1) is 16.2. The molecule has 182 valence electrons. The number of nitrogen functional groups attached to an aromatic ring is 1. The number of unbranched alkanes of at least 4 members (excludes halogenated alkanes) is 3. The molecule has 0 saturated carbocycles. The van der Waals surface area contributed by atoms with E-state index in [0.717, 1.165) is 49.1 Å². The number of aromatic nitrogens is 3. The largest absolute Gasteiger partial charge is 0.481 e. The highest BCUT2D eigenvalue weighted by Gasteiger charge is 2.22. The standard InChI is InChI=1S/C22H27N5O6S/c23-22-26-18-14(19(30)27-22)11-12(24-18)5-3-1-2-4-6-13-7-9-16(34-13)20(31)25-15(21(32)33)8-10-17(28)29/h7,9,11,15H,1-6,8,10H2,(H,25,31)(H,28,29)(H,32,33)(H4,23,24,26,27,30). The van der Waals surface area contributed by atoms with Gasteiger partial charge < -0.3 is 26.2 Å². The van der Waals surface area contributed by atoms with Crippen LogP contribution >= 0.6 is 11.3 Å². The van der Waals surface area contributed by atoms with Crippen LogP contribution in [0, 0.1) is 0 Å². The number of anilines is 1. The fourth-order valence-electron chi connectivity index (χ4n) is 3.58. The number of H-pyrrole nitrogens is 2. The average molecular weight is 490 g/mol. The molecule has 0 spiro atoms. The zero-order valence-corrected chi connectivity index (χ0v) is 19.2. The van der Waals surface area contributed by atoms with Crippen molar-refractivity contribution in [2.24, 2.45) is 0 Å². The normalized spacial score (nSPS) is 12.0. The topological polar surface area (TPSA) is 191 Å². The van der Waals surface area contributed by atoms with E-state index in [1.807, 2.05) is 6.07 Å². The lowest BCUT2D eigenvalue weighted by Crippen LogP contribution is -2.40. The molecular formula is C22H27N5O6S. The molecule has 0 radical (unpaired) electrons. The lowest BCUT2D eigenvalue weighted by atomic mass is 10.1. The number of fused-ring (bicyclic) bond motifs is 1. The van der Waals surface area contributed by atoms with Gasteiger partial charge in [-0.25, -0.2) is 4.79 Å². The predicted molar refractivity (Wildman–Crippen MR) is 127 cm³/mol. The lowest BCUT2D eigenvalue weighted by Gasteiger charge is -2.12. The molecule has 0 aliphatic carbocycles. The number of amides is 1. The molecule has 3 rings (SSSR count). The minimum atomic E-state index is -1.26. The zero-order valence-electron chi connectivity index (χ0n) is 18.4. The molecule has 12 heteroatoms. The van der Waals surface area contributed by atoms with Gasteiger partial charge in [-0.3, -0.25) is 19.4 Å². The van der Waals surface area contributed by atoms with Gasteiger partial charge in [0.05, 0.1) is 10.3 Å². The summed E-state index contributed by atoms with van der Waals surface area (Å²) in [6.45, 7) is 0. The van der Waals surface area contributed by atoms with Crippen LogP contribution in [0.1, 0.15) is 58.8 Å². The van der Waals surface area contributed by atoms with Gasteiger partial charge in [-0.15, -0.1) is 11.3 Å². The number of carbonyl (C=O) groups excluding carboxylic acids is 1. The fraction of sp³-hybridized carbons (Fsp3) is 0.409. The maximum absolute atomic E-state index is 12.3. The van der Waals surface area contributed by atoms with Gasteiger partial charge >= 0.3 is 11.9 Å². The average Bonchev–Trinajstić information content (AvgIpc) is 3.40. The van der Waals surface area contributed by atoms with Crippen molar-refractivity contribution in [3.63, 3.8) is 0 Å². The van der Waals surface area contributed by atoms with Gasteiger partial charge in [-0.2, -0.15) is 4.98 Å². The van der Waals surface area contributed by atoms with Crippen LogP contribution in [0.2, 0.25) is 0 Å². The molecule has 0 fully saturated rings. The van der Waals surface area contributed by atoms with Crippen LogP contribution in [0.25, 0.3) is 11.0 Å². The Labute approximate surface area is 198 Å². The van der Waals surface area contributed by atoms with Crippen LogP contribution in [0.4, 0.5) is 5.95 Å². The van der Waals surface area contributed by atoms with E-state index in [-0.39, 0.29) is 24.3 Å². The molecule has 3 heterocycles. The van der Waals surface area contributed by atoms with Crippen molar-refractivity contribution in [1.82, 2.24) is 20.3 Å². The third-order valence-electron chi connectivity index (χ3n) is 5.33. The molecule has 0 aliphatic rings. The van der Waals surface area contributed by atoms with Gasteiger partial charge in [-0.05, 0) is 50.3 Å². The number of carbonyl (C=O) groups is 3. The molecule has 1 unspecified atom stereocenters. The molecule has 0 aliphatic heterocycles. The maximum atomic E-state index is 12.3. The Morgan fingerprint density at radius 1 is 1.09 bits per heavy atom. The molecule has 0 saturated heterocycles. The van der Waals surface area contributed by atoms with Gasteiger partial charge in [0.15, 0.2) is 0 Å². The summed E-state index contributed by atoms with van der Waals surface area (Å²) in [6.07, 6.45) is 5.00. The molecule has 3 aromatic heterocycles. The first-order valence-electron chi connectivity index (χ1n) is 10.9. The van der Waals surface area contributed by atoms with Crippen molar-refractivity contribution in [1.29, 1.82) is 0 Å². The highest BCUT2D eigenvalue weighted by atomic mass is 32.1. The molecule has 1 amide bonds. The van der Waals surface area contributed by atoms with Gasteiger partial charge in [0.25, 0.3) is 11.5 Å². The number of carboxylic acids is 2. The lowest BCUT2D eigenvalue weighted by molar-refractivity contribution is -0.140. The summed E-state index contributed by atoms with van der Waals surface area (Å²) in [5.41, 5.74) is 6.73. The van der Waals surface area contributed by atoms with Crippen molar-refractivity contribution in [3.05, 3.63) is 44.0 Å². The number of aryl methyl sites for hydroxylation is 2. The van der Waals surface area contributed by atoms with Gasteiger partial charge in [0, 0.05) is 17.0 Å². The molecular weight excluding hydrogens is 462 g/mol. The van der Waals surface area contributed by atoms with Crippen molar-refractivity contribution in [2.75, 3.05) is 5.73 Å². The first kappa shape index (κ1) is 25.0. The Bertz CT molecular complexity index is 1230. The van der Waals surface area contributed by atoms with Crippen molar-refractivity contribution in [3.8, 4) is 0 Å².